The first-order valence-corrected chi connectivity index (χ1v) is 13.3. The van der Waals surface area contributed by atoms with Gasteiger partial charge in [-0.1, -0.05) is 69.7 Å². The zero-order valence-electron chi connectivity index (χ0n) is 22.2. The van der Waals surface area contributed by atoms with Crippen LogP contribution in [0.15, 0.2) is 71.9 Å². The molecule has 0 fully saturated rings. The Morgan fingerprint density at radius 2 is 1.68 bits per heavy atom. The molecule has 194 valence electrons. The maximum Gasteiger partial charge on any atom is 0.333 e. The highest BCUT2D eigenvalue weighted by Gasteiger charge is 2.17. The number of aryl methyl sites for hydroxylation is 3. The van der Waals surface area contributed by atoms with Crippen molar-refractivity contribution >= 4 is 0 Å². The molecule has 1 N–H and O–H groups in total. The minimum atomic E-state index is 0.0168. The summed E-state index contributed by atoms with van der Waals surface area (Å²) in [6.45, 7) is 6.99. The Morgan fingerprint density at radius 1 is 0.921 bits per heavy atom. The Labute approximate surface area is 222 Å². The Balaban J connectivity index is 1.51. The van der Waals surface area contributed by atoms with Gasteiger partial charge in [-0.2, -0.15) is 0 Å². The first kappa shape index (κ1) is 25.3. The van der Waals surface area contributed by atoms with Crippen LogP contribution in [-0.4, -0.2) is 34.7 Å². The lowest BCUT2D eigenvalue weighted by atomic mass is 10.0. The molecule has 0 saturated heterocycles. The van der Waals surface area contributed by atoms with Crippen LogP contribution in [0.5, 0.6) is 0 Å². The molecule has 8 heteroatoms. The molecule has 0 unspecified atom stereocenters. The molecular formula is C30H33N7O. The Hall–Kier alpha value is -4.33. The molecule has 5 aromatic rings. The van der Waals surface area contributed by atoms with Gasteiger partial charge in [0.1, 0.15) is 0 Å². The molecule has 3 aromatic heterocycles. The van der Waals surface area contributed by atoms with Crippen molar-refractivity contribution in [2.45, 2.75) is 59.4 Å². The van der Waals surface area contributed by atoms with Gasteiger partial charge >= 0.3 is 5.69 Å². The van der Waals surface area contributed by atoms with Crippen molar-refractivity contribution in [3.05, 3.63) is 100.0 Å². The molecule has 0 bridgehead atoms. The van der Waals surface area contributed by atoms with Crippen LogP contribution in [0.1, 0.15) is 56.0 Å². The van der Waals surface area contributed by atoms with E-state index in [0.29, 0.717) is 12.4 Å². The highest BCUT2D eigenvalue weighted by Crippen LogP contribution is 2.29. The van der Waals surface area contributed by atoms with Crippen molar-refractivity contribution in [2.24, 2.45) is 0 Å². The van der Waals surface area contributed by atoms with Crippen molar-refractivity contribution in [1.82, 2.24) is 34.7 Å². The van der Waals surface area contributed by atoms with Crippen LogP contribution in [0.4, 0.5) is 0 Å². The smallest absolute Gasteiger partial charge is 0.292 e. The van der Waals surface area contributed by atoms with Crippen LogP contribution in [0.25, 0.3) is 28.2 Å². The summed E-state index contributed by atoms with van der Waals surface area (Å²) in [5, 5.41) is 14.3. The number of hydrogen-bond donors (Lipinski definition) is 1. The molecule has 0 aliphatic rings. The number of aromatic amines is 1. The minimum absolute atomic E-state index is 0.0168. The standard InChI is InChI=1S/C30H33N7O/c1-4-7-11-25-20-37(28-22(5-2)9-8-10-23(28)6-3)30(38)36(25)19-21-12-14-24(15-13-21)27-18-31-17-16-26(27)29-32-34-35-33-29/h8-10,12-18,20H,4-7,11,19H2,1-3H3,(H,32,33,34,35). The predicted molar refractivity (Wildman–Crippen MR) is 149 cm³/mol. The Bertz CT molecular complexity index is 1540. The Morgan fingerprint density at radius 3 is 2.34 bits per heavy atom. The number of rotatable bonds is 10. The van der Waals surface area contributed by atoms with E-state index in [-0.39, 0.29) is 5.69 Å². The van der Waals surface area contributed by atoms with Gasteiger partial charge < -0.3 is 0 Å². The summed E-state index contributed by atoms with van der Waals surface area (Å²) in [7, 11) is 0. The van der Waals surface area contributed by atoms with Gasteiger partial charge in [0.05, 0.1) is 12.2 Å². The van der Waals surface area contributed by atoms with E-state index in [1.807, 2.05) is 21.4 Å². The second-order valence-electron chi connectivity index (χ2n) is 9.46. The van der Waals surface area contributed by atoms with E-state index >= 15 is 0 Å². The molecular weight excluding hydrogens is 474 g/mol. The highest BCUT2D eigenvalue weighted by molar-refractivity contribution is 5.79. The van der Waals surface area contributed by atoms with E-state index in [2.05, 4.69) is 95.0 Å². The zero-order chi connectivity index (χ0) is 26.5. The Kier molecular flexibility index (Phi) is 7.58. The number of imidazole rings is 1. The van der Waals surface area contributed by atoms with E-state index in [0.717, 1.165) is 65.7 Å². The summed E-state index contributed by atoms with van der Waals surface area (Å²) in [6.07, 6.45) is 10.4. The summed E-state index contributed by atoms with van der Waals surface area (Å²) >= 11 is 0. The van der Waals surface area contributed by atoms with Crippen molar-refractivity contribution in [1.29, 1.82) is 0 Å². The molecule has 3 heterocycles. The maximum absolute atomic E-state index is 13.9. The molecule has 0 spiro atoms. The zero-order valence-corrected chi connectivity index (χ0v) is 22.2. The van der Waals surface area contributed by atoms with Crippen LogP contribution in [0.2, 0.25) is 0 Å². The molecule has 0 atom stereocenters. The van der Waals surface area contributed by atoms with E-state index in [1.165, 1.54) is 11.1 Å². The monoisotopic (exact) mass is 507 g/mol. The van der Waals surface area contributed by atoms with Crippen molar-refractivity contribution < 1.29 is 0 Å². The van der Waals surface area contributed by atoms with Gasteiger partial charge in [-0.25, -0.2) is 9.89 Å². The molecule has 0 saturated carbocycles. The molecule has 38 heavy (non-hydrogen) atoms. The largest absolute Gasteiger partial charge is 0.333 e. The van der Waals surface area contributed by atoms with Crippen LogP contribution >= 0.6 is 0 Å². The third kappa shape index (κ3) is 4.94. The van der Waals surface area contributed by atoms with Gasteiger partial charge in [0.25, 0.3) is 0 Å². The molecule has 0 amide bonds. The number of hydrogen-bond acceptors (Lipinski definition) is 5. The SMILES string of the molecule is CCCCc1cn(-c2c(CC)cccc2CC)c(=O)n1Cc1ccc(-c2cnccc2-c2nnn[nH]2)cc1. The first-order chi connectivity index (χ1) is 18.6. The fourth-order valence-corrected chi connectivity index (χ4v) is 5.01. The van der Waals surface area contributed by atoms with E-state index in [9.17, 15) is 4.79 Å². The fourth-order valence-electron chi connectivity index (χ4n) is 5.01. The van der Waals surface area contributed by atoms with Gasteiger partial charge in [-0.05, 0) is 64.4 Å². The molecule has 5 rings (SSSR count). The molecule has 0 aliphatic carbocycles. The predicted octanol–water partition coefficient (Wildman–Crippen LogP) is 5.40. The van der Waals surface area contributed by atoms with E-state index in [4.69, 9.17) is 0 Å². The number of pyridine rings is 1. The van der Waals surface area contributed by atoms with E-state index < -0.39 is 0 Å². The van der Waals surface area contributed by atoms with Gasteiger partial charge in [-0.15, -0.1) is 5.10 Å². The lowest BCUT2D eigenvalue weighted by Crippen LogP contribution is -2.26. The number of aromatic nitrogens is 7. The quantitative estimate of drug-likeness (QED) is 0.273. The average Bonchev–Trinajstić information content (AvgIpc) is 3.61. The third-order valence-corrected chi connectivity index (χ3v) is 7.08. The summed E-state index contributed by atoms with van der Waals surface area (Å²) in [5.74, 6) is 0.596. The maximum atomic E-state index is 13.9. The molecule has 0 aliphatic heterocycles. The van der Waals surface area contributed by atoms with Crippen LogP contribution in [-0.2, 0) is 25.8 Å². The van der Waals surface area contributed by atoms with Crippen molar-refractivity contribution in [2.75, 3.05) is 0 Å². The molecule has 0 radical (unpaired) electrons. The molecule has 8 nitrogen and oxygen atoms in total. The topological polar surface area (TPSA) is 94.3 Å². The normalized spacial score (nSPS) is 11.2. The van der Waals surface area contributed by atoms with Crippen molar-refractivity contribution in [3.63, 3.8) is 0 Å². The molecule has 2 aromatic carbocycles. The number of benzene rings is 2. The number of tetrazole rings is 1. The highest BCUT2D eigenvalue weighted by atomic mass is 16.1. The average molecular weight is 508 g/mol. The fraction of sp³-hybridized carbons (Fsp3) is 0.300. The lowest BCUT2D eigenvalue weighted by molar-refractivity contribution is 0.673. The van der Waals surface area contributed by atoms with E-state index in [1.54, 1.807) is 6.20 Å². The second-order valence-corrected chi connectivity index (χ2v) is 9.46. The lowest BCUT2D eigenvalue weighted by Gasteiger charge is -2.13. The number of H-pyrrole nitrogens is 1. The number of unbranched alkanes of at least 4 members (excludes halogenated alkanes) is 1. The first-order valence-electron chi connectivity index (χ1n) is 13.3. The van der Waals surface area contributed by atoms with Gasteiger partial charge in [0.15, 0.2) is 5.82 Å². The van der Waals surface area contributed by atoms with Crippen LogP contribution in [0.3, 0.4) is 0 Å². The summed E-state index contributed by atoms with van der Waals surface area (Å²) in [6, 6.07) is 16.5. The summed E-state index contributed by atoms with van der Waals surface area (Å²) in [5.41, 5.74) is 8.42. The minimum Gasteiger partial charge on any atom is -0.292 e. The third-order valence-electron chi connectivity index (χ3n) is 7.08. The number of nitrogens with zero attached hydrogens (tertiary/aromatic N) is 6. The van der Waals surface area contributed by atoms with Crippen molar-refractivity contribution in [3.8, 4) is 28.2 Å². The number of para-hydroxylation sites is 1. The summed E-state index contributed by atoms with van der Waals surface area (Å²) < 4.78 is 3.82. The summed E-state index contributed by atoms with van der Waals surface area (Å²) in [4.78, 5) is 18.2. The second kappa shape index (κ2) is 11.4. The van der Waals surface area contributed by atoms with Crippen LogP contribution < -0.4 is 5.69 Å². The van der Waals surface area contributed by atoms with Crippen LogP contribution in [0, 0.1) is 0 Å². The van der Waals surface area contributed by atoms with Gasteiger partial charge in [0, 0.05) is 35.4 Å². The van der Waals surface area contributed by atoms with Gasteiger partial charge in [-0.3, -0.25) is 14.1 Å². The number of nitrogens with one attached hydrogen (secondary N) is 1. The van der Waals surface area contributed by atoms with Gasteiger partial charge in [0.2, 0.25) is 0 Å².